The highest BCUT2D eigenvalue weighted by atomic mass is 32.1. The summed E-state index contributed by atoms with van der Waals surface area (Å²) >= 11 is 1.55. The molecule has 0 saturated heterocycles. The highest BCUT2D eigenvalue weighted by Crippen LogP contribution is 2.29. The van der Waals surface area contributed by atoms with E-state index < -0.39 is 6.61 Å². The molecule has 3 rings (SSSR count). The fourth-order valence-electron chi connectivity index (χ4n) is 2.42. The Morgan fingerprint density at radius 3 is 2.64 bits per heavy atom. The standard InChI is InChI=1S/C20H18F2N2O3S/c1-13-18(28-19(24-13)15-6-4-3-5-7-15)12-26-23-11-14-8-9-16(27-20(21)22)17(10-14)25-2/h3-11,20H,12H2,1-2H3/b23-11+. The summed E-state index contributed by atoms with van der Waals surface area (Å²) in [5.41, 5.74) is 2.59. The molecule has 0 bridgehead atoms. The van der Waals surface area contributed by atoms with Crippen molar-refractivity contribution in [3.8, 4) is 22.1 Å². The van der Waals surface area contributed by atoms with Crippen molar-refractivity contribution in [1.29, 1.82) is 0 Å². The minimum atomic E-state index is -2.92. The molecule has 2 aromatic carbocycles. The molecule has 0 unspecified atom stereocenters. The third-order valence-electron chi connectivity index (χ3n) is 3.79. The molecule has 146 valence electrons. The first-order valence-electron chi connectivity index (χ1n) is 8.36. The number of rotatable bonds is 8. The van der Waals surface area contributed by atoms with Gasteiger partial charge in [-0.15, -0.1) is 11.3 Å². The van der Waals surface area contributed by atoms with E-state index in [9.17, 15) is 8.78 Å². The Labute approximate surface area is 165 Å². The predicted molar refractivity (Wildman–Crippen MR) is 104 cm³/mol. The Balaban J connectivity index is 1.62. The van der Waals surface area contributed by atoms with Crippen LogP contribution in [-0.2, 0) is 11.4 Å². The van der Waals surface area contributed by atoms with Crippen molar-refractivity contribution in [2.75, 3.05) is 7.11 Å². The zero-order valence-corrected chi connectivity index (χ0v) is 16.1. The second-order valence-corrected chi connectivity index (χ2v) is 6.77. The van der Waals surface area contributed by atoms with Gasteiger partial charge in [0.05, 0.1) is 23.9 Å². The molecule has 3 aromatic rings. The molecule has 1 heterocycles. The van der Waals surface area contributed by atoms with Crippen LogP contribution in [0.4, 0.5) is 8.78 Å². The number of halogens is 2. The molecule has 0 saturated carbocycles. The summed E-state index contributed by atoms with van der Waals surface area (Å²) in [5, 5.41) is 4.87. The van der Waals surface area contributed by atoms with E-state index >= 15 is 0 Å². The maximum atomic E-state index is 12.4. The monoisotopic (exact) mass is 404 g/mol. The highest BCUT2D eigenvalue weighted by Gasteiger charge is 2.11. The number of oxime groups is 1. The van der Waals surface area contributed by atoms with Gasteiger partial charge in [-0.2, -0.15) is 8.78 Å². The summed E-state index contributed by atoms with van der Waals surface area (Å²) in [6, 6.07) is 14.4. The summed E-state index contributed by atoms with van der Waals surface area (Å²) < 4.78 is 34.2. The second-order valence-electron chi connectivity index (χ2n) is 5.69. The molecule has 0 amide bonds. The molecule has 8 heteroatoms. The van der Waals surface area contributed by atoms with Gasteiger partial charge in [-0.05, 0) is 25.1 Å². The minimum Gasteiger partial charge on any atom is -0.493 e. The van der Waals surface area contributed by atoms with Gasteiger partial charge in [-0.1, -0.05) is 35.5 Å². The lowest BCUT2D eigenvalue weighted by Crippen LogP contribution is -2.03. The summed E-state index contributed by atoms with van der Waals surface area (Å²) in [6.07, 6.45) is 1.48. The van der Waals surface area contributed by atoms with Gasteiger partial charge >= 0.3 is 6.61 Å². The number of thiazole rings is 1. The van der Waals surface area contributed by atoms with Crippen molar-refractivity contribution in [3.63, 3.8) is 0 Å². The SMILES string of the molecule is COc1cc(/C=N/OCc2sc(-c3ccccc3)nc2C)ccc1OC(F)F. The molecular weight excluding hydrogens is 386 g/mol. The summed E-state index contributed by atoms with van der Waals surface area (Å²) in [4.78, 5) is 10.9. The number of hydrogen-bond acceptors (Lipinski definition) is 6. The largest absolute Gasteiger partial charge is 0.493 e. The summed E-state index contributed by atoms with van der Waals surface area (Å²) in [5.74, 6) is 0.152. The second kappa shape index (κ2) is 9.27. The first-order chi connectivity index (χ1) is 13.6. The smallest absolute Gasteiger partial charge is 0.387 e. The van der Waals surface area contributed by atoms with E-state index in [0.717, 1.165) is 21.1 Å². The van der Waals surface area contributed by atoms with Gasteiger partial charge < -0.3 is 14.3 Å². The Morgan fingerprint density at radius 2 is 1.93 bits per heavy atom. The van der Waals surface area contributed by atoms with Crippen LogP contribution in [0.3, 0.4) is 0 Å². The lowest BCUT2D eigenvalue weighted by atomic mass is 10.2. The molecule has 0 atom stereocenters. The van der Waals surface area contributed by atoms with Crippen molar-refractivity contribution < 1.29 is 23.1 Å². The Morgan fingerprint density at radius 1 is 1.14 bits per heavy atom. The molecule has 0 fully saturated rings. The van der Waals surface area contributed by atoms with Crippen LogP contribution >= 0.6 is 11.3 Å². The van der Waals surface area contributed by atoms with E-state index in [2.05, 4.69) is 14.9 Å². The zero-order valence-electron chi connectivity index (χ0n) is 15.3. The van der Waals surface area contributed by atoms with Gasteiger partial charge in [0.2, 0.25) is 0 Å². The molecule has 1 aromatic heterocycles. The number of aromatic nitrogens is 1. The zero-order chi connectivity index (χ0) is 19.9. The lowest BCUT2D eigenvalue weighted by molar-refractivity contribution is -0.0512. The number of benzene rings is 2. The van der Waals surface area contributed by atoms with E-state index in [4.69, 9.17) is 9.57 Å². The number of nitrogens with zero attached hydrogens (tertiary/aromatic N) is 2. The number of ether oxygens (including phenoxy) is 2. The molecule has 0 aliphatic rings. The number of alkyl halides is 2. The Kier molecular flexibility index (Phi) is 6.54. The van der Waals surface area contributed by atoms with Crippen molar-refractivity contribution in [3.05, 3.63) is 64.7 Å². The van der Waals surface area contributed by atoms with E-state index in [-0.39, 0.29) is 18.1 Å². The number of aryl methyl sites for hydroxylation is 1. The molecule has 0 spiro atoms. The van der Waals surface area contributed by atoms with E-state index in [1.165, 1.54) is 25.5 Å². The maximum Gasteiger partial charge on any atom is 0.387 e. The van der Waals surface area contributed by atoms with Crippen LogP contribution in [0.2, 0.25) is 0 Å². The van der Waals surface area contributed by atoms with Crippen molar-refractivity contribution in [2.24, 2.45) is 5.16 Å². The van der Waals surface area contributed by atoms with Crippen LogP contribution < -0.4 is 9.47 Å². The Hall–Kier alpha value is -3.00. The summed E-state index contributed by atoms with van der Waals surface area (Å²) in [6.45, 7) is -0.700. The highest BCUT2D eigenvalue weighted by molar-refractivity contribution is 7.15. The van der Waals surface area contributed by atoms with Crippen LogP contribution in [-0.4, -0.2) is 24.9 Å². The topological polar surface area (TPSA) is 52.9 Å². The first kappa shape index (κ1) is 19.8. The van der Waals surface area contributed by atoms with Crippen LogP contribution in [0.1, 0.15) is 16.1 Å². The van der Waals surface area contributed by atoms with Crippen LogP contribution in [0.25, 0.3) is 10.6 Å². The lowest BCUT2D eigenvalue weighted by Gasteiger charge is -2.09. The first-order valence-corrected chi connectivity index (χ1v) is 9.18. The molecule has 0 N–H and O–H groups in total. The fourth-order valence-corrected chi connectivity index (χ4v) is 3.39. The van der Waals surface area contributed by atoms with Crippen LogP contribution in [0.15, 0.2) is 53.7 Å². The molecule has 0 radical (unpaired) electrons. The van der Waals surface area contributed by atoms with Crippen LogP contribution in [0.5, 0.6) is 11.5 Å². The molecule has 5 nitrogen and oxygen atoms in total. The average molecular weight is 404 g/mol. The van der Waals surface area contributed by atoms with Gasteiger partial charge in [-0.3, -0.25) is 0 Å². The molecule has 0 aliphatic carbocycles. The average Bonchev–Trinajstić information content (AvgIpc) is 3.07. The molecular formula is C20H18F2N2O3S. The van der Waals surface area contributed by atoms with E-state index in [1.54, 1.807) is 17.4 Å². The van der Waals surface area contributed by atoms with Gasteiger partial charge in [-0.25, -0.2) is 4.98 Å². The third-order valence-corrected chi connectivity index (χ3v) is 4.97. The predicted octanol–water partition coefficient (Wildman–Crippen LogP) is 5.28. The van der Waals surface area contributed by atoms with Gasteiger partial charge in [0.15, 0.2) is 18.1 Å². The third kappa shape index (κ3) is 5.04. The maximum absolute atomic E-state index is 12.4. The van der Waals surface area contributed by atoms with Gasteiger partial charge in [0, 0.05) is 11.1 Å². The molecule has 28 heavy (non-hydrogen) atoms. The quantitative estimate of drug-likeness (QED) is 0.379. The van der Waals surface area contributed by atoms with E-state index in [1.807, 2.05) is 37.3 Å². The normalized spacial score (nSPS) is 11.2. The number of methoxy groups -OCH3 is 1. The van der Waals surface area contributed by atoms with Gasteiger partial charge in [0.1, 0.15) is 5.01 Å². The number of hydrogen-bond donors (Lipinski definition) is 0. The summed E-state index contributed by atoms with van der Waals surface area (Å²) in [7, 11) is 1.38. The molecule has 0 aliphatic heterocycles. The van der Waals surface area contributed by atoms with E-state index in [0.29, 0.717) is 5.56 Å². The van der Waals surface area contributed by atoms with Crippen LogP contribution in [0, 0.1) is 6.92 Å². The fraction of sp³-hybridized carbons (Fsp3) is 0.200. The van der Waals surface area contributed by atoms with Crippen molar-refractivity contribution >= 4 is 17.6 Å². The van der Waals surface area contributed by atoms with Gasteiger partial charge in [0.25, 0.3) is 0 Å². The Bertz CT molecular complexity index is 946. The van der Waals surface area contributed by atoms with Crippen molar-refractivity contribution in [1.82, 2.24) is 4.98 Å². The van der Waals surface area contributed by atoms with Crippen molar-refractivity contribution in [2.45, 2.75) is 20.1 Å². The minimum absolute atomic E-state index is 0.0377.